The van der Waals surface area contributed by atoms with Crippen molar-refractivity contribution in [2.45, 2.75) is 32.5 Å². The molecule has 1 N–H and O–H groups in total. The van der Waals surface area contributed by atoms with Crippen molar-refractivity contribution in [1.29, 1.82) is 5.39 Å². The van der Waals surface area contributed by atoms with Crippen molar-refractivity contribution in [3.8, 4) is 11.5 Å². The second-order valence-corrected chi connectivity index (χ2v) is 9.91. The van der Waals surface area contributed by atoms with Gasteiger partial charge in [0.05, 0.1) is 6.61 Å². The number of allylic oxidation sites excluding steroid dienone is 1. The normalized spacial score (nSPS) is 11.3. The van der Waals surface area contributed by atoms with E-state index in [1.54, 1.807) is 6.08 Å². The number of nitrogens with zero attached hydrogens (tertiary/aromatic N) is 2. The van der Waals surface area contributed by atoms with Gasteiger partial charge in [-0.15, -0.1) is 12.1 Å². The highest BCUT2D eigenvalue weighted by Crippen LogP contribution is 2.08. The molecule has 114 valence electrons. The van der Waals surface area contributed by atoms with E-state index >= 15 is 0 Å². The van der Waals surface area contributed by atoms with Crippen LogP contribution in [0.4, 0.5) is 0 Å². The molecule has 0 aromatic heterocycles. The van der Waals surface area contributed by atoms with Crippen LogP contribution in [-0.2, 0) is 14.3 Å². The summed E-state index contributed by atoms with van der Waals surface area (Å²) in [5.41, 5.74) is 2.33. The minimum absolute atomic E-state index is 0.133. The van der Waals surface area contributed by atoms with Crippen molar-refractivity contribution in [1.82, 2.24) is 0 Å². The molecule has 0 unspecified atom stereocenters. The minimum atomic E-state index is -1.53. The van der Waals surface area contributed by atoms with Crippen LogP contribution in [-0.4, -0.2) is 32.4 Å². The van der Waals surface area contributed by atoms with Crippen LogP contribution in [0.5, 0.6) is 0 Å². The highest BCUT2D eigenvalue weighted by atomic mass is 28.3. The zero-order chi connectivity index (χ0) is 16.3. The lowest BCUT2D eigenvalue weighted by molar-refractivity contribution is -0.137. The fourth-order valence-electron chi connectivity index (χ4n) is 1.11. The fraction of sp³-hybridized carbons (Fsp3) is 0.500. The Morgan fingerprint density at radius 1 is 1.43 bits per heavy atom. The fourth-order valence-corrected chi connectivity index (χ4v) is 1.71. The minimum Gasteiger partial charge on any atom is -0.475 e. The van der Waals surface area contributed by atoms with Crippen LogP contribution >= 0.6 is 0 Å². The van der Waals surface area contributed by atoms with Crippen LogP contribution in [0.3, 0.4) is 0 Å². The maximum Gasteiger partial charge on any atom is 0.547 e. The summed E-state index contributed by atoms with van der Waals surface area (Å²) in [6.07, 6.45) is 3.02. The predicted octanol–water partition coefficient (Wildman–Crippen LogP) is 2.97. The van der Waals surface area contributed by atoms with Gasteiger partial charge in [0, 0.05) is 0 Å². The lowest BCUT2D eigenvalue weighted by Gasteiger charge is -2.03. The highest BCUT2D eigenvalue weighted by molar-refractivity contribution is 6.83. The summed E-state index contributed by atoms with van der Waals surface area (Å²) in [6, 6.07) is 0. The lowest BCUT2D eigenvalue weighted by Crippen LogP contribution is -2.17. The molecule has 0 aliphatic rings. The molecular weight excluding hydrogens is 288 g/mol. The van der Waals surface area contributed by atoms with Crippen molar-refractivity contribution in [2.75, 3.05) is 13.2 Å². The molecule has 0 aliphatic heterocycles. The van der Waals surface area contributed by atoms with Crippen LogP contribution in [0, 0.1) is 16.9 Å². The van der Waals surface area contributed by atoms with E-state index in [0.29, 0.717) is 12.8 Å². The summed E-state index contributed by atoms with van der Waals surface area (Å²) >= 11 is 0. The maximum atomic E-state index is 11.6. The molecule has 0 aliphatic carbocycles. The Balaban J connectivity index is 4.49. The van der Waals surface area contributed by atoms with E-state index in [1.165, 1.54) is 0 Å². The van der Waals surface area contributed by atoms with Gasteiger partial charge in [0.25, 0.3) is 0 Å². The van der Waals surface area contributed by atoms with Gasteiger partial charge in [0.15, 0.2) is 11.6 Å². The van der Waals surface area contributed by atoms with Crippen molar-refractivity contribution >= 4 is 14.0 Å². The van der Waals surface area contributed by atoms with E-state index in [1.807, 2.05) is 0 Å². The number of carbonyl (C=O) groups excluding carboxylic acids is 1. The molecule has 0 rings (SSSR count). The van der Waals surface area contributed by atoms with Crippen molar-refractivity contribution < 1.29 is 19.4 Å². The van der Waals surface area contributed by atoms with Crippen molar-refractivity contribution in [3.63, 3.8) is 0 Å². The smallest absolute Gasteiger partial charge is 0.475 e. The van der Waals surface area contributed by atoms with Gasteiger partial charge in [0.1, 0.15) is 8.07 Å². The Hall–Kier alpha value is -2.25. The summed E-state index contributed by atoms with van der Waals surface area (Å²) in [5, 5.41) is 18.2. The molecule has 7 heteroatoms. The quantitative estimate of drug-likeness (QED) is 0.114. The Kier molecular flexibility index (Phi) is 8.59. The van der Waals surface area contributed by atoms with E-state index in [4.69, 9.17) is 14.9 Å². The van der Waals surface area contributed by atoms with Crippen LogP contribution in [0.2, 0.25) is 19.6 Å². The first-order valence-corrected chi connectivity index (χ1v) is 10.0. The summed E-state index contributed by atoms with van der Waals surface area (Å²) in [7, 11) is -1.53. The number of rotatable bonds is 7. The van der Waals surface area contributed by atoms with Crippen LogP contribution in [0.25, 0.3) is 4.98 Å². The third kappa shape index (κ3) is 9.31. The van der Waals surface area contributed by atoms with E-state index in [-0.39, 0.29) is 13.2 Å². The Morgan fingerprint density at radius 2 is 2.10 bits per heavy atom. The molecule has 0 heterocycles. The molecule has 0 fully saturated rings. The summed E-state index contributed by atoms with van der Waals surface area (Å²) in [5.74, 6) is 0.953. The number of ether oxygens (including phenoxy) is 2. The number of unbranched alkanes of at least 4 members (excludes halogenated alkanes) is 1. The molecule has 0 aromatic carbocycles. The van der Waals surface area contributed by atoms with Crippen LogP contribution in [0.15, 0.2) is 24.3 Å². The van der Waals surface area contributed by atoms with Gasteiger partial charge in [-0.2, -0.15) is 0 Å². The molecule has 0 spiro atoms. The SMILES string of the molecule is C=CCCCO/C(O)=C(\[N+]#N)C(=O)OCC#C[Si](C)(C)C. The average Bonchev–Trinajstić information content (AvgIpc) is 2.39. The zero-order valence-electron chi connectivity index (χ0n) is 12.7. The molecular formula is C14H21N2O4Si+. The summed E-state index contributed by atoms with van der Waals surface area (Å²) in [6.45, 7) is 9.74. The van der Waals surface area contributed by atoms with Gasteiger partial charge in [-0.05, 0) is 12.8 Å². The Bertz CT molecular complexity index is 504. The van der Waals surface area contributed by atoms with Gasteiger partial charge in [-0.3, -0.25) is 0 Å². The third-order valence-corrected chi connectivity index (χ3v) is 2.95. The predicted molar refractivity (Wildman–Crippen MR) is 82.2 cm³/mol. The standard InChI is InChI=1S/C14H20N2O4Si/c1-5-6-7-9-19-13(17)12(16-15)14(18)20-10-8-11-21(2,3)4/h5H,1,6-7,9-10H2,2-4H3/p+1. The second kappa shape index (κ2) is 9.62. The first-order chi connectivity index (χ1) is 9.81. The molecule has 0 aromatic rings. The largest absolute Gasteiger partial charge is 0.547 e. The van der Waals surface area contributed by atoms with E-state index < -0.39 is 25.7 Å². The van der Waals surface area contributed by atoms with E-state index in [0.717, 1.165) is 0 Å². The summed E-state index contributed by atoms with van der Waals surface area (Å²) < 4.78 is 9.66. The molecule has 0 saturated carbocycles. The molecule has 21 heavy (non-hydrogen) atoms. The topological polar surface area (TPSA) is 83.9 Å². The molecule has 6 nitrogen and oxygen atoms in total. The Morgan fingerprint density at radius 3 is 2.62 bits per heavy atom. The molecule has 0 amide bonds. The van der Waals surface area contributed by atoms with Gasteiger partial charge in [-0.1, -0.05) is 31.6 Å². The van der Waals surface area contributed by atoms with Crippen LogP contribution in [0.1, 0.15) is 12.8 Å². The molecule has 0 atom stereocenters. The molecule has 0 radical (unpaired) electrons. The number of aliphatic hydroxyl groups is 1. The van der Waals surface area contributed by atoms with Gasteiger partial charge < -0.3 is 14.6 Å². The zero-order valence-corrected chi connectivity index (χ0v) is 13.7. The first-order valence-electron chi connectivity index (χ1n) is 6.51. The number of hydrogen-bond donors (Lipinski definition) is 1. The number of carbonyl (C=O) groups is 1. The molecule has 0 saturated heterocycles. The Labute approximate surface area is 126 Å². The third-order valence-electron chi connectivity index (χ3n) is 2.03. The van der Waals surface area contributed by atoms with Gasteiger partial charge in [0.2, 0.25) is 5.39 Å². The number of hydrogen-bond acceptors (Lipinski definition) is 5. The van der Waals surface area contributed by atoms with Crippen molar-refractivity contribution in [2.24, 2.45) is 0 Å². The number of esters is 1. The summed E-state index contributed by atoms with van der Waals surface area (Å²) in [4.78, 5) is 14.3. The number of diazo groups is 1. The average molecular weight is 309 g/mol. The van der Waals surface area contributed by atoms with E-state index in [2.05, 4.69) is 42.7 Å². The van der Waals surface area contributed by atoms with Gasteiger partial charge in [-0.25, -0.2) is 4.79 Å². The second-order valence-electron chi connectivity index (χ2n) is 5.16. The lowest BCUT2D eigenvalue weighted by atomic mass is 10.3. The highest BCUT2D eigenvalue weighted by Gasteiger charge is 2.32. The van der Waals surface area contributed by atoms with Gasteiger partial charge >= 0.3 is 17.6 Å². The number of aliphatic hydroxyl groups excluding tert-OH is 1. The first kappa shape index (κ1) is 18.7. The van der Waals surface area contributed by atoms with E-state index in [9.17, 15) is 9.90 Å². The van der Waals surface area contributed by atoms with Crippen LogP contribution < -0.4 is 0 Å². The molecule has 0 bridgehead atoms. The monoisotopic (exact) mass is 309 g/mol. The van der Waals surface area contributed by atoms with Crippen molar-refractivity contribution in [3.05, 3.63) is 29.3 Å². The maximum absolute atomic E-state index is 11.6.